The van der Waals surface area contributed by atoms with Gasteiger partial charge < -0.3 is 10.3 Å². The lowest BCUT2D eigenvalue weighted by Gasteiger charge is -2.03. The number of nitrogens with two attached hydrogens (primary N) is 1. The molecule has 2 N–H and O–H groups in total. The van der Waals surface area contributed by atoms with Crippen LogP contribution in [0.25, 0.3) is 10.9 Å². The smallest absolute Gasteiger partial charge is 0.0484 e. The summed E-state index contributed by atoms with van der Waals surface area (Å²) in [4.78, 5) is 0. The zero-order valence-electron chi connectivity index (χ0n) is 10.7. The number of rotatable bonds is 4. The summed E-state index contributed by atoms with van der Waals surface area (Å²) in [5, 5.41) is 1.97. The summed E-state index contributed by atoms with van der Waals surface area (Å²) in [7, 11) is 0. The molecule has 0 spiro atoms. The molecule has 17 heavy (non-hydrogen) atoms. The molecule has 2 aromatic rings. The topological polar surface area (TPSA) is 30.9 Å². The van der Waals surface area contributed by atoms with Crippen LogP contribution in [0.3, 0.4) is 0 Å². The van der Waals surface area contributed by atoms with E-state index >= 15 is 0 Å². The summed E-state index contributed by atoms with van der Waals surface area (Å²) in [6.45, 7) is 7.65. The molecular weight excluding hydrogens is 228 g/mol. The molecule has 0 aliphatic carbocycles. The van der Waals surface area contributed by atoms with Gasteiger partial charge in [0.1, 0.15) is 0 Å². The van der Waals surface area contributed by atoms with Crippen molar-refractivity contribution in [1.82, 2.24) is 4.57 Å². The lowest BCUT2D eigenvalue weighted by Crippen LogP contribution is -1.91. The predicted molar refractivity (Wildman–Crippen MR) is 78.5 cm³/mol. The first-order chi connectivity index (χ1) is 8.11. The fourth-order valence-electron chi connectivity index (χ4n) is 2.02. The number of thioether (sulfide) groups is 1. The monoisotopic (exact) mass is 248 g/mol. The number of aromatic nitrogens is 1. The van der Waals surface area contributed by atoms with Crippen LogP contribution in [-0.2, 0) is 12.3 Å². The first-order valence-electron chi connectivity index (χ1n) is 6.10. The molecular formula is C14H20N2S. The Labute approximate surface area is 107 Å². The molecule has 92 valence electrons. The molecule has 2 nitrogen and oxygen atoms in total. The van der Waals surface area contributed by atoms with Gasteiger partial charge in [0.25, 0.3) is 0 Å². The minimum Gasteiger partial charge on any atom is -0.399 e. The molecule has 1 heterocycles. The van der Waals surface area contributed by atoms with Gasteiger partial charge in [0.2, 0.25) is 0 Å². The lowest BCUT2D eigenvalue weighted by atomic mass is 10.2. The quantitative estimate of drug-likeness (QED) is 0.832. The largest absolute Gasteiger partial charge is 0.399 e. The van der Waals surface area contributed by atoms with Crippen LogP contribution in [0.1, 0.15) is 26.3 Å². The first kappa shape index (κ1) is 12.4. The maximum atomic E-state index is 5.88. The van der Waals surface area contributed by atoms with Gasteiger partial charge in [0.15, 0.2) is 0 Å². The summed E-state index contributed by atoms with van der Waals surface area (Å²) >= 11 is 1.97. The van der Waals surface area contributed by atoms with Gasteiger partial charge in [-0.3, -0.25) is 0 Å². The summed E-state index contributed by atoms with van der Waals surface area (Å²) in [5.41, 5.74) is 9.42. The lowest BCUT2D eigenvalue weighted by molar-refractivity contribution is 0.795. The van der Waals surface area contributed by atoms with Gasteiger partial charge in [0, 0.05) is 35.1 Å². The Bertz CT molecular complexity index is 514. The Morgan fingerprint density at radius 3 is 2.76 bits per heavy atom. The van der Waals surface area contributed by atoms with E-state index in [0.29, 0.717) is 5.25 Å². The molecule has 1 aromatic carbocycles. The molecule has 0 unspecified atom stereocenters. The van der Waals surface area contributed by atoms with Crippen LogP contribution in [0.15, 0.2) is 24.4 Å². The van der Waals surface area contributed by atoms with Crippen molar-refractivity contribution in [3.63, 3.8) is 0 Å². The van der Waals surface area contributed by atoms with E-state index < -0.39 is 0 Å². The van der Waals surface area contributed by atoms with Crippen LogP contribution in [0.5, 0.6) is 0 Å². The van der Waals surface area contributed by atoms with E-state index in [2.05, 4.69) is 43.7 Å². The third-order valence-corrected chi connectivity index (χ3v) is 4.04. The second-order valence-corrected chi connectivity index (χ2v) is 6.14. The molecule has 0 fully saturated rings. The van der Waals surface area contributed by atoms with Crippen LogP contribution < -0.4 is 5.73 Å². The van der Waals surface area contributed by atoms with Crippen molar-refractivity contribution in [2.45, 2.75) is 38.3 Å². The van der Waals surface area contributed by atoms with Crippen LogP contribution in [-0.4, -0.2) is 9.82 Å². The van der Waals surface area contributed by atoms with Gasteiger partial charge in [-0.2, -0.15) is 11.8 Å². The van der Waals surface area contributed by atoms with E-state index in [1.54, 1.807) is 0 Å². The molecule has 3 heteroatoms. The van der Waals surface area contributed by atoms with E-state index in [4.69, 9.17) is 5.73 Å². The Hall–Kier alpha value is -1.09. The van der Waals surface area contributed by atoms with E-state index in [-0.39, 0.29) is 0 Å². The van der Waals surface area contributed by atoms with Crippen molar-refractivity contribution in [2.24, 2.45) is 0 Å². The van der Waals surface area contributed by atoms with Crippen LogP contribution in [0.2, 0.25) is 0 Å². The normalized spacial score (nSPS) is 11.5. The van der Waals surface area contributed by atoms with Crippen molar-refractivity contribution >= 4 is 28.4 Å². The average molecular weight is 248 g/mol. The van der Waals surface area contributed by atoms with Gasteiger partial charge in [-0.25, -0.2) is 0 Å². The SMILES string of the molecule is CCn1cc(CSC(C)C)c2cc(N)ccc21. The number of anilines is 1. The number of hydrogen-bond acceptors (Lipinski definition) is 2. The van der Waals surface area contributed by atoms with E-state index in [1.165, 1.54) is 16.5 Å². The predicted octanol–water partition coefficient (Wildman–Crippen LogP) is 3.89. The van der Waals surface area contributed by atoms with Crippen LogP contribution in [0, 0.1) is 0 Å². The zero-order valence-corrected chi connectivity index (χ0v) is 11.6. The average Bonchev–Trinajstić information content (AvgIpc) is 2.63. The van der Waals surface area contributed by atoms with Crippen molar-refractivity contribution in [1.29, 1.82) is 0 Å². The maximum absolute atomic E-state index is 5.88. The van der Waals surface area contributed by atoms with Gasteiger partial charge in [-0.15, -0.1) is 0 Å². The van der Waals surface area contributed by atoms with Crippen molar-refractivity contribution < 1.29 is 0 Å². The van der Waals surface area contributed by atoms with Crippen molar-refractivity contribution in [3.8, 4) is 0 Å². The highest BCUT2D eigenvalue weighted by atomic mass is 32.2. The summed E-state index contributed by atoms with van der Waals surface area (Å²) in [6, 6.07) is 6.20. The van der Waals surface area contributed by atoms with E-state index in [9.17, 15) is 0 Å². The standard InChI is InChI=1S/C14H20N2S/c1-4-16-8-11(9-17-10(2)3)13-7-12(15)5-6-14(13)16/h5-8,10H,4,9,15H2,1-3H3. The highest BCUT2D eigenvalue weighted by Gasteiger charge is 2.08. The molecule has 0 saturated heterocycles. The Kier molecular flexibility index (Phi) is 3.67. The number of nitrogens with zero attached hydrogens (tertiary/aromatic N) is 1. The van der Waals surface area contributed by atoms with E-state index in [0.717, 1.165) is 18.0 Å². The fraction of sp³-hybridized carbons (Fsp3) is 0.429. The number of nitrogen functional groups attached to an aromatic ring is 1. The second-order valence-electron chi connectivity index (χ2n) is 4.58. The minimum absolute atomic E-state index is 0.663. The molecule has 0 aliphatic heterocycles. The Morgan fingerprint density at radius 1 is 1.35 bits per heavy atom. The van der Waals surface area contributed by atoms with Crippen molar-refractivity contribution in [2.75, 3.05) is 5.73 Å². The molecule has 0 atom stereocenters. The van der Waals surface area contributed by atoms with Gasteiger partial charge in [-0.05, 0) is 35.9 Å². The van der Waals surface area contributed by atoms with Gasteiger partial charge >= 0.3 is 0 Å². The van der Waals surface area contributed by atoms with Gasteiger partial charge in [0.05, 0.1) is 0 Å². The third kappa shape index (κ3) is 2.60. The molecule has 0 aliphatic rings. The highest BCUT2D eigenvalue weighted by Crippen LogP contribution is 2.28. The molecule has 0 bridgehead atoms. The molecule has 1 aromatic heterocycles. The summed E-state index contributed by atoms with van der Waals surface area (Å²) in [5.74, 6) is 1.06. The van der Waals surface area contributed by atoms with Crippen LogP contribution in [0.4, 0.5) is 5.69 Å². The Balaban J connectivity index is 2.43. The minimum atomic E-state index is 0.663. The zero-order chi connectivity index (χ0) is 12.4. The second kappa shape index (κ2) is 5.05. The summed E-state index contributed by atoms with van der Waals surface area (Å²) < 4.78 is 2.30. The fourth-order valence-corrected chi connectivity index (χ4v) is 2.76. The first-order valence-corrected chi connectivity index (χ1v) is 7.15. The van der Waals surface area contributed by atoms with Gasteiger partial charge in [-0.1, -0.05) is 13.8 Å². The highest BCUT2D eigenvalue weighted by molar-refractivity contribution is 7.99. The Morgan fingerprint density at radius 2 is 2.12 bits per heavy atom. The van der Waals surface area contributed by atoms with Crippen LogP contribution >= 0.6 is 11.8 Å². The molecule has 2 rings (SSSR count). The molecule has 0 amide bonds. The van der Waals surface area contributed by atoms with Crippen molar-refractivity contribution in [3.05, 3.63) is 30.0 Å². The van der Waals surface area contributed by atoms with E-state index in [1.807, 2.05) is 17.8 Å². The number of benzene rings is 1. The molecule has 0 radical (unpaired) electrons. The number of hydrogen-bond donors (Lipinski definition) is 1. The maximum Gasteiger partial charge on any atom is 0.0484 e. The number of aryl methyl sites for hydroxylation is 1. The number of fused-ring (bicyclic) bond motifs is 1. The molecule has 0 saturated carbocycles. The summed E-state index contributed by atoms with van der Waals surface area (Å²) in [6.07, 6.45) is 2.26. The third-order valence-electron chi connectivity index (χ3n) is 2.90.